The molecule has 0 aromatic heterocycles. The molecule has 0 amide bonds. The van der Waals surface area contributed by atoms with Gasteiger partial charge in [0.1, 0.15) is 20.4 Å². The van der Waals surface area contributed by atoms with Crippen LogP contribution in [0.3, 0.4) is 0 Å². The summed E-state index contributed by atoms with van der Waals surface area (Å²) in [6, 6.07) is 0. The molecule has 3 saturated heterocycles. The Balaban J connectivity index is 1.29. The molecule has 1 aromatic rings. The molecule has 3 saturated carbocycles. The lowest BCUT2D eigenvalue weighted by Crippen LogP contribution is -2.37. The maximum absolute atomic E-state index is 6.12. The molecule has 0 N–H and O–H groups in total. The van der Waals surface area contributed by atoms with Crippen molar-refractivity contribution in [1.82, 2.24) is 0 Å². The molecule has 6 bridgehead atoms. The number of hydrogen-bond acceptors (Lipinski definition) is 6. The molecular weight excluding hydrogens is 384 g/mol. The summed E-state index contributed by atoms with van der Waals surface area (Å²) in [7, 11) is 0. The predicted octanol–water partition coefficient (Wildman–Crippen LogP) is 2.66. The van der Waals surface area contributed by atoms with Gasteiger partial charge in [0.2, 0.25) is 0 Å². The van der Waals surface area contributed by atoms with Crippen molar-refractivity contribution in [3.8, 4) is 0 Å². The first-order valence-corrected chi connectivity index (χ1v) is 11.8. The Bertz CT molecular complexity index is 814. The smallest absolute Gasteiger partial charge is 0.147 e. The zero-order chi connectivity index (χ0) is 18.9. The van der Waals surface area contributed by atoms with E-state index in [-0.39, 0.29) is 36.6 Å². The Morgan fingerprint density at radius 2 is 0.533 bits per heavy atom. The minimum absolute atomic E-state index is 0.248. The second kappa shape index (κ2) is 4.82. The molecular formula is C24H24O6. The fraction of sp³-hybridized carbons (Fsp3) is 0.750. The SMILES string of the molecule is C1OC2C(O1)[C@H]1C[C@@H]2c2c1c1c(c3c2[C@@H]2C[C@H]3C3OCOC32)[C@@H]2C[C@H]1C1OCOC12. The summed E-state index contributed by atoms with van der Waals surface area (Å²) in [4.78, 5) is 0. The van der Waals surface area contributed by atoms with Crippen LogP contribution >= 0.6 is 0 Å². The third kappa shape index (κ3) is 1.43. The van der Waals surface area contributed by atoms with E-state index in [1.54, 1.807) is 33.4 Å². The molecule has 9 aliphatic rings. The lowest BCUT2D eigenvalue weighted by atomic mass is 9.69. The van der Waals surface area contributed by atoms with Crippen LogP contribution in [0.25, 0.3) is 0 Å². The first kappa shape index (κ1) is 15.7. The summed E-state index contributed by atoms with van der Waals surface area (Å²) in [5, 5.41) is 0. The zero-order valence-electron chi connectivity index (χ0n) is 16.6. The minimum atomic E-state index is 0.248. The molecule has 30 heavy (non-hydrogen) atoms. The van der Waals surface area contributed by atoms with E-state index in [9.17, 15) is 0 Å². The van der Waals surface area contributed by atoms with Crippen molar-refractivity contribution in [2.24, 2.45) is 0 Å². The minimum Gasteiger partial charge on any atom is -0.349 e. The molecule has 6 unspecified atom stereocenters. The fourth-order valence-electron chi connectivity index (χ4n) is 9.81. The highest BCUT2D eigenvalue weighted by atomic mass is 16.7. The highest BCUT2D eigenvalue weighted by molar-refractivity contribution is 5.69. The van der Waals surface area contributed by atoms with E-state index in [1.807, 2.05) is 0 Å². The van der Waals surface area contributed by atoms with Crippen LogP contribution in [0.2, 0.25) is 0 Å². The van der Waals surface area contributed by atoms with Gasteiger partial charge in [-0.05, 0) is 52.6 Å². The van der Waals surface area contributed by atoms with Crippen molar-refractivity contribution < 1.29 is 28.4 Å². The number of ether oxygens (including phenoxy) is 6. The average Bonchev–Trinajstić information content (AvgIpc) is 3.58. The molecule has 12 atom stereocenters. The third-order valence-electron chi connectivity index (χ3n) is 10.4. The van der Waals surface area contributed by atoms with Gasteiger partial charge in [-0.15, -0.1) is 0 Å². The average molecular weight is 408 g/mol. The third-order valence-corrected chi connectivity index (χ3v) is 10.4. The molecule has 3 heterocycles. The van der Waals surface area contributed by atoms with Gasteiger partial charge in [-0.25, -0.2) is 0 Å². The van der Waals surface area contributed by atoms with E-state index >= 15 is 0 Å². The van der Waals surface area contributed by atoms with Crippen molar-refractivity contribution in [2.45, 2.75) is 91.4 Å². The Hall–Kier alpha value is -1.02. The summed E-state index contributed by atoms with van der Waals surface area (Å²) in [6.45, 7) is 1.38. The summed E-state index contributed by atoms with van der Waals surface area (Å²) in [6.07, 6.45) is 5.07. The molecule has 0 radical (unpaired) electrons. The van der Waals surface area contributed by atoms with Crippen LogP contribution in [-0.2, 0) is 28.4 Å². The standard InChI is InChI=1S/C24H24O6/c1-7-13-14(8(1)20-19(7)25-4-26-20)16-10-3-12(24-22(10)28-6-30-24)18(16)17-11-2-9(15(13)17)21-23(11)29-5-27-21/h7-12,19-24H,1-6H2/t7-,8+,9+,10-,11-,12+,19?,20?,21?,22?,23?,24?. The van der Waals surface area contributed by atoms with Crippen LogP contribution in [-0.4, -0.2) is 57.0 Å². The summed E-state index contributed by atoms with van der Waals surface area (Å²) >= 11 is 0. The molecule has 3 aliphatic heterocycles. The van der Waals surface area contributed by atoms with Crippen LogP contribution in [0.15, 0.2) is 0 Å². The molecule has 6 fully saturated rings. The number of fused-ring (bicyclic) bond motifs is 27. The van der Waals surface area contributed by atoms with Crippen molar-refractivity contribution in [1.29, 1.82) is 0 Å². The van der Waals surface area contributed by atoms with Crippen LogP contribution < -0.4 is 0 Å². The van der Waals surface area contributed by atoms with Crippen LogP contribution in [0.4, 0.5) is 0 Å². The molecule has 156 valence electrons. The van der Waals surface area contributed by atoms with Gasteiger partial charge < -0.3 is 28.4 Å². The van der Waals surface area contributed by atoms with Gasteiger partial charge in [-0.1, -0.05) is 0 Å². The first-order chi connectivity index (χ1) is 14.9. The van der Waals surface area contributed by atoms with Crippen molar-refractivity contribution in [2.75, 3.05) is 20.4 Å². The van der Waals surface area contributed by atoms with E-state index in [2.05, 4.69) is 0 Å². The van der Waals surface area contributed by atoms with Crippen LogP contribution in [0.5, 0.6) is 0 Å². The molecule has 10 rings (SSSR count). The second-order valence-electron chi connectivity index (χ2n) is 11.0. The van der Waals surface area contributed by atoms with Crippen LogP contribution in [0, 0.1) is 0 Å². The van der Waals surface area contributed by atoms with Crippen LogP contribution in [0.1, 0.15) is 88.2 Å². The van der Waals surface area contributed by atoms with Gasteiger partial charge in [0, 0.05) is 35.5 Å². The maximum Gasteiger partial charge on any atom is 0.147 e. The lowest BCUT2D eigenvalue weighted by molar-refractivity contribution is 0.0233. The zero-order valence-corrected chi connectivity index (χ0v) is 16.6. The van der Waals surface area contributed by atoms with Crippen molar-refractivity contribution >= 4 is 0 Å². The van der Waals surface area contributed by atoms with Gasteiger partial charge in [-0.3, -0.25) is 0 Å². The lowest BCUT2D eigenvalue weighted by Gasteiger charge is -2.39. The van der Waals surface area contributed by atoms with Gasteiger partial charge in [0.05, 0.1) is 36.6 Å². The number of rotatable bonds is 0. The Morgan fingerprint density at radius 3 is 0.733 bits per heavy atom. The Morgan fingerprint density at radius 1 is 0.333 bits per heavy atom. The van der Waals surface area contributed by atoms with Crippen molar-refractivity contribution in [3.05, 3.63) is 33.4 Å². The molecule has 6 nitrogen and oxygen atoms in total. The highest BCUT2D eigenvalue weighted by Gasteiger charge is 2.66. The largest absolute Gasteiger partial charge is 0.349 e. The predicted molar refractivity (Wildman–Crippen MR) is 101 cm³/mol. The number of benzene rings is 1. The summed E-state index contributed by atoms with van der Waals surface area (Å²) in [5.41, 5.74) is 9.86. The van der Waals surface area contributed by atoms with Gasteiger partial charge in [0.15, 0.2) is 0 Å². The maximum atomic E-state index is 6.12. The first-order valence-electron chi connectivity index (χ1n) is 11.8. The molecule has 1 aromatic carbocycles. The molecule has 6 heteroatoms. The van der Waals surface area contributed by atoms with E-state index in [0.29, 0.717) is 55.9 Å². The Kier molecular flexibility index (Phi) is 2.53. The van der Waals surface area contributed by atoms with E-state index in [1.165, 1.54) is 19.3 Å². The molecule has 6 aliphatic carbocycles. The summed E-state index contributed by atoms with van der Waals surface area (Å²) in [5.74, 6) is 2.96. The topological polar surface area (TPSA) is 55.4 Å². The van der Waals surface area contributed by atoms with E-state index in [4.69, 9.17) is 28.4 Å². The monoisotopic (exact) mass is 408 g/mol. The van der Waals surface area contributed by atoms with Crippen molar-refractivity contribution in [3.63, 3.8) is 0 Å². The number of hydrogen-bond donors (Lipinski definition) is 0. The highest BCUT2D eigenvalue weighted by Crippen LogP contribution is 2.71. The Labute approximate surface area is 174 Å². The fourth-order valence-corrected chi connectivity index (χ4v) is 9.81. The van der Waals surface area contributed by atoms with Gasteiger partial charge in [0.25, 0.3) is 0 Å². The summed E-state index contributed by atoms with van der Waals surface area (Å²) < 4.78 is 36.7. The van der Waals surface area contributed by atoms with Gasteiger partial charge in [-0.2, -0.15) is 0 Å². The van der Waals surface area contributed by atoms with E-state index < -0.39 is 0 Å². The van der Waals surface area contributed by atoms with Gasteiger partial charge >= 0.3 is 0 Å². The second-order valence-corrected chi connectivity index (χ2v) is 11.0. The van der Waals surface area contributed by atoms with E-state index in [0.717, 1.165) is 0 Å². The quantitative estimate of drug-likeness (QED) is 0.658. The normalized spacial score (nSPS) is 56.4. The molecule has 0 spiro atoms.